The summed E-state index contributed by atoms with van der Waals surface area (Å²) in [7, 11) is 5.21. The number of Topliss-reactive ketones (excluding diaryl/α,β-unsaturated/α-hetero) is 1. The van der Waals surface area contributed by atoms with Gasteiger partial charge in [0.25, 0.3) is 0 Å². The van der Waals surface area contributed by atoms with Crippen molar-refractivity contribution in [1.29, 1.82) is 0 Å². The van der Waals surface area contributed by atoms with E-state index in [1.807, 2.05) is 63.2 Å². The number of benzene rings is 1. The molecule has 0 bridgehead atoms. The molecule has 0 radical (unpaired) electrons. The van der Waals surface area contributed by atoms with Crippen molar-refractivity contribution in [3.05, 3.63) is 35.9 Å². The number of carbonyl (C=O) groups excluding carboxylic acids is 3. The predicted octanol–water partition coefficient (Wildman–Crippen LogP) is 2.87. The monoisotopic (exact) mass is 719 g/mol. The van der Waals surface area contributed by atoms with E-state index in [2.05, 4.69) is 10.5 Å². The van der Waals surface area contributed by atoms with Gasteiger partial charge in [0.1, 0.15) is 23.7 Å². The molecule has 2 fully saturated rings. The van der Waals surface area contributed by atoms with Crippen LogP contribution in [-0.4, -0.2) is 119 Å². The van der Waals surface area contributed by atoms with E-state index in [0.717, 1.165) is 5.56 Å². The zero-order valence-electron chi connectivity index (χ0n) is 32.2. The van der Waals surface area contributed by atoms with Crippen LogP contribution in [0, 0.1) is 23.7 Å². The Morgan fingerprint density at radius 1 is 1.06 bits per heavy atom. The minimum absolute atomic E-state index is 0.0636. The van der Waals surface area contributed by atoms with Crippen molar-refractivity contribution in [1.82, 2.24) is 10.3 Å². The first-order chi connectivity index (χ1) is 23.8. The molecule has 0 spiro atoms. The van der Waals surface area contributed by atoms with Crippen LogP contribution in [-0.2, 0) is 39.8 Å². The van der Waals surface area contributed by atoms with Crippen LogP contribution < -0.4 is 5.43 Å². The third-order valence-corrected chi connectivity index (χ3v) is 10.9. The number of aliphatic hydroxyl groups is 3. The fourth-order valence-corrected chi connectivity index (χ4v) is 7.60. The van der Waals surface area contributed by atoms with E-state index in [1.165, 1.54) is 21.0 Å². The zero-order chi connectivity index (χ0) is 38.4. The summed E-state index contributed by atoms with van der Waals surface area (Å²) in [6.45, 7) is 13.4. The van der Waals surface area contributed by atoms with E-state index in [4.69, 9.17) is 18.9 Å². The topological polar surface area (TPSA) is 176 Å². The maximum Gasteiger partial charge on any atom is 0.316 e. The second-order valence-electron chi connectivity index (χ2n) is 15.2. The first-order valence-corrected chi connectivity index (χ1v) is 18.0. The Labute approximate surface area is 303 Å². The van der Waals surface area contributed by atoms with E-state index in [0.29, 0.717) is 12.1 Å². The van der Waals surface area contributed by atoms with Crippen molar-refractivity contribution in [2.24, 2.45) is 28.8 Å². The van der Waals surface area contributed by atoms with Crippen LogP contribution in [0.4, 0.5) is 0 Å². The Hall–Kier alpha value is -2.78. The van der Waals surface area contributed by atoms with Gasteiger partial charge in [-0.25, -0.2) is 5.43 Å². The summed E-state index contributed by atoms with van der Waals surface area (Å²) >= 11 is 0. The number of ether oxygens (including phenoxy) is 4. The Bertz CT molecular complexity index is 1360. The van der Waals surface area contributed by atoms with Gasteiger partial charge in [-0.3, -0.25) is 14.4 Å². The van der Waals surface area contributed by atoms with E-state index in [1.54, 1.807) is 27.7 Å². The summed E-state index contributed by atoms with van der Waals surface area (Å²) in [5, 5.41) is 39.4. The number of ketones is 1. The number of carbonyl (C=O) groups is 3. The summed E-state index contributed by atoms with van der Waals surface area (Å²) < 4.78 is 24.6. The molecule has 2 aliphatic rings. The van der Waals surface area contributed by atoms with Crippen LogP contribution in [0.3, 0.4) is 0 Å². The van der Waals surface area contributed by atoms with E-state index >= 15 is 0 Å². The molecular formula is C38H61N3O10. The van der Waals surface area contributed by atoms with Gasteiger partial charge in [0.05, 0.1) is 30.3 Å². The largest absolute Gasteiger partial charge is 0.459 e. The van der Waals surface area contributed by atoms with Crippen LogP contribution in [0.2, 0.25) is 0 Å². The molecule has 0 saturated carbocycles. The molecule has 2 aliphatic heterocycles. The predicted molar refractivity (Wildman–Crippen MR) is 192 cm³/mol. The third-order valence-electron chi connectivity index (χ3n) is 10.9. The molecule has 13 atom stereocenters. The quantitative estimate of drug-likeness (QED) is 0.177. The van der Waals surface area contributed by atoms with Crippen LogP contribution in [0.1, 0.15) is 80.2 Å². The highest BCUT2D eigenvalue weighted by atomic mass is 16.7. The number of likely N-dealkylation sites (N-methyl/N-ethyl adjacent to an activating group) is 1. The van der Waals surface area contributed by atoms with E-state index < -0.39 is 77.3 Å². The Morgan fingerprint density at radius 2 is 1.69 bits per heavy atom. The summed E-state index contributed by atoms with van der Waals surface area (Å²) in [6, 6.07) is 8.89. The van der Waals surface area contributed by atoms with Gasteiger partial charge in [-0.05, 0) is 72.5 Å². The lowest BCUT2D eigenvalue weighted by atomic mass is 9.74. The van der Waals surface area contributed by atoms with Gasteiger partial charge in [0.15, 0.2) is 12.1 Å². The first kappa shape index (κ1) is 42.6. The number of aliphatic hydroxyl groups excluding tert-OH is 2. The SMILES string of the molecule is CCC1OC(=O)C(C)C(=O)C(C)C(OC2OC(C)CC(N(C)C)C2O)C(C)(OC)CC(C)C(=NNC(=O)Cc2ccccc2)C(C)C(O)C1(C)O. The third kappa shape index (κ3) is 10.0. The first-order valence-electron chi connectivity index (χ1n) is 18.0. The Kier molecular flexibility index (Phi) is 14.9. The lowest BCUT2D eigenvalue weighted by Gasteiger charge is -2.47. The minimum atomic E-state index is -1.96. The number of hydrogen-bond acceptors (Lipinski definition) is 12. The number of hydrazone groups is 1. The molecule has 13 nitrogen and oxygen atoms in total. The highest BCUT2D eigenvalue weighted by molar-refractivity contribution is 6.00. The molecule has 2 heterocycles. The molecule has 1 amide bonds. The molecule has 288 valence electrons. The smallest absolute Gasteiger partial charge is 0.316 e. The van der Waals surface area contributed by atoms with Crippen molar-refractivity contribution < 1.29 is 48.7 Å². The molecule has 1 aromatic rings. The fraction of sp³-hybridized carbons (Fsp3) is 0.737. The molecule has 0 aliphatic carbocycles. The number of amides is 1. The van der Waals surface area contributed by atoms with Crippen molar-refractivity contribution in [2.75, 3.05) is 21.2 Å². The zero-order valence-corrected chi connectivity index (χ0v) is 32.2. The standard InChI is InChI=1S/C38H61N3O10/c1-12-28-38(8,47)33(45)23(4)30(40-39-29(42)19-26-16-14-13-15-17-26)21(2)20-37(7,48-11)34(24(5)31(43)25(6)35(46)50-28)51-36-32(44)27(41(9)10)18-22(3)49-36/h13-17,21-25,27-28,32-34,36,44-45,47H,12,18-20H2,1-11H3,(H,39,42). The molecule has 13 unspecified atom stereocenters. The number of rotatable bonds is 8. The molecule has 13 heteroatoms. The van der Waals surface area contributed by atoms with Gasteiger partial charge < -0.3 is 39.2 Å². The Morgan fingerprint density at radius 3 is 2.25 bits per heavy atom. The van der Waals surface area contributed by atoms with Crippen molar-refractivity contribution in [3.63, 3.8) is 0 Å². The lowest BCUT2D eigenvalue weighted by Crippen LogP contribution is -2.60. The van der Waals surface area contributed by atoms with Gasteiger partial charge in [-0.1, -0.05) is 58.0 Å². The lowest BCUT2D eigenvalue weighted by molar-refractivity contribution is -0.295. The molecule has 0 aromatic heterocycles. The minimum Gasteiger partial charge on any atom is -0.459 e. The molecule has 3 rings (SSSR count). The van der Waals surface area contributed by atoms with Crippen LogP contribution >= 0.6 is 0 Å². The summed E-state index contributed by atoms with van der Waals surface area (Å²) in [5.74, 6) is -5.35. The summed E-state index contributed by atoms with van der Waals surface area (Å²) in [6.07, 6.45) is -5.27. The molecular weight excluding hydrogens is 658 g/mol. The van der Waals surface area contributed by atoms with Crippen molar-refractivity contribution >= 4 is 23.4 Å². The van der Waals surface area contributed by atoms with Crippen LogP contribution in [0.15, 0.2) is 35.4 Å². The van der Waals surface area contributed by atoms with Crippen LogP contribution in [0.5, 0.6) is 0 Å². The Balaban J connectivity index is 2.14. The molecule has 1 aromatic carbocycles. The second-order valence-corrected chi connectivity index (χ2v) is 15.2. The highest BCUT2D eigenvalue weighted by Gasteiger charge is 2.51. The number of methoxy groups -OCH3 is 1. The molecule has 2 saturated heterocycles. The maximum atomic E-state index is 14.1. The van der Waals surface area contributed by atoms with Gasteiger partial charge in [0.2, 0.25) is 5.91 Å². The van der Waals surface area contributed by atoms with Gasteiger partial charge >= 0.3 is 5.97 Å². The number of hydrogen-bond donors (Lipinski definition) is 4. The molecule has 4 N–H and O–H groups in total. The van der Waals surface area contributed by atoms with Crippen molar-refractivity contribution in [2.45, 2.75) is 135 Å². The maximum absolute atomic E-state index is 14.1. The number of nitrogens with one attached hydrogen (secondary N) is 1. The average molecular weight is 720 g/mol. The normalized spacial score (nSPS) is 39.7. The van der Waals surface area contributed by atoms with Crippen molar-refractivity contribution in [3.8, 4) is 0 Å². The number of cyclic esters (lactones) is 1. The summed E-state index contributed by atoms with van der Waals surface area (Å²) in [5.41, 5.74) is 0.533. The van der Waals surface area contributed by atoms with Gasteiger partial charge in [-0.2, -0.15) is 5.10 Å². The van der Waals surface area contributed by atoms with Gasteiger partial charge in [0, 0.05) is 30.7 Å². The number of nitrogens with zero attached hydrogens (tertiary/aromatic N) is 2. The number of esters is 1. The van der Waals surface area contributed by atoms with Gasteiger partial charge in [-0.15, -0.1) is 0 Å². The van der Waals surface area contributed by atoms with E-state index in [-0.39, 0.29) is 37.3 Å². The summed E-state index contributed by atoms with van der Waals surface area (Å²) in [4.78, 5) is 42.6. The van der Waals surface area contributed by atoms with E-state index in [9.17, 15) is 29.7 Å². The highest BCUT2D eigenvalue weighted by Crippen LogP contribution is 2.38. The second kappa shape index (κ2) is 17.8. The van der Waals surface area contributed by atoms with Crippen LogP contribution in [0.25, 0.3) is 0 Å². The fourth-order valence-electron chi connectivity index (χ4n) is 7.60. The molecule has 51 heavy (non-hydrogen) atoms. The average Bonchev–Trinajstić information content (AvgIpc) is 3.08.